The Kier molecular flexibility index (Phi) is 3.93. The highest BCUT2D eigenvalue weighted by Gasteiger charge is 2.18. The van der Waals surface area contributed by atoms with Crippen LogP contribution in [0.5, 0.6) is 0 Å². The van der Waals surface area contributed by atoms with Crippen LogP contribution >= 0.6 is 0 Å². The van der Waals surface area contributed by atoms with Crippen LogP contribution in [0.2, 0.25) is 0 Å². The van der Waals surface area contributed by atoms with Crippen molar-refractivity contribution in [3.8, 4) is 0 Å². The number of hydrogen-bond acceptors (Lipinski definition) is 2. The van der Waals surface area contributed by atoms with Crippen molar-refractivity contribution in [1.29, 1.82) is 0 Å². The summed E-state index contributed by atoms with van der Waals surface area (Å²) >= 11 is 0. The third-order valence-corrected chi connectivity index (χ3v) is 3.33. The van der Waals surface area contributed by atoms with E-state index in [-0.39, 0.29) is 24.3 Å². The fraction of sp³-hybridized carbons (Fsp3) is 0.375. The van der Waals surface area contributed by atoms with Crippen LogP contribution in [0.15, 0.2) is 24.3 Å². The molecule has 0 saturated carbocycles. The molecule has 20 heavy (non-hydrogen) atoms. The van der Waals surface area contributed by atoms with Crippen molar-refractivity contribution >= 4 is 22.6 Å². The van der Waals surface area contributed by atoms with Gasteiger partial charge in [0.25, 0.3) is 0 Å². The van der Waals surface area contributed by atoms with Crippen LogP contribution in [0.4, 0.5) is 0 Å². The number of nitrogens with zero attached hydrogens (tertiary/aromatic N) is 1. The van der Waals surface area contributed by atoms with Crippen LogP contribution in [0.3, 0.4) is 0 Å². The summed E-state index contributed by atoms with van der Waals surface area (Å²) in [6.45, 7) is 7.55. The summed E-state index contributed by atoms with van der Waals surface area (Å²) < 4.78 is 1.91. The molecule has 4 nitrogen and oxygen atoms in total. The van der Waals surface area contributed by atoms with E-state index < -0.39 is 0 Å². The molecule has 1 heterocycles. The quantitative estimate of drug-likeness (QED) is 0.870. The number of aromatic nitrogens is 1. The minimum Gasteiger partial charge on any atom is -0.352 e. The summed E-state index contributed by atoms with van der Waals surface area (Å²) in [5, 5.41) is 3.79. The van der Waals surface area contributed by atoms with Gasteiger partial charge in [0.05, 0.1) is 0 Å². The van der Waals surface area contributed by atoms with Crippen LogP contribution in [-0.2, 0) is 11.3 Å². The smallest absolute Gasteiger partial charge is 0.240 e. The summed E-state index contributed by atoms with van der Waals surface area (Å²) in [4.78, 5) is 23.8. The summed E-state index contributed by atoms with van der Waals surface area (Å²) in [5.41, 5.74) is 2.48. The first-order valence-electron chi connectivity index (χ1n) is 6.80. The monoisotopic (exact) mass is 272 g/mol. The second-order valence-electron chi connectivity index (χ2n) is 5.34. The number of ketones is 1. The second kappa shape index (κ2) is 5.49. The van der Waals surface area contributed by atoms with Crippen LogP contribution in [0.1, 0.15) is 36.8 Å². The number of benzene rings is 1. The van der Waals surface area contributed by atoms with Crippen LogP contribution in [0.25, 0.3) is 10.9 Å². The molecule has 0 saturated heterocycles. The fourth-order valence-corrected chi connectivity index (χ4v) is 2.59. The first-order chi connectivity index (χ1) is 9.41. The van der Waals surface area contributed by atoms with E-state index in [1.54, 1.807) is 6.92 Å². The molecule has 0 aliphatic carbocycles. The van der Waals surface area contributed by atoms with Crippen molar-refractivity contribution in [3.63, 3.8) is 0 Å². The third kappa shape index (κ3) is 2.59. The maximum Gasteiger partial charge on any atom is 0.240 e. The number of rotatable bonds is 4. The largest absolute Gasteiger partial charge is 0.352 e. The standard InChI is InChI=1S/C16H20N2O2/c1-10(2)17-15(20)9-18-11(3)16(12(4)19)13-7-5-6-8-14(13)18/h5-8,10H,9H2,1-4H3,(H,17,20). The number of hydrogen-bond donors (Lipinski definition) is 1. The molecule has 0 spiro atoms. The average Bonchev–Trinajstić information content (AvgIpc) is 2.62. The van der Waals surface area contributed by atoms with E-state index in [1.165, 1.54) is 0 Å². The maximum absolute atomic E-state index is 12.0. The van der Waals surface area contributed by atoms with Gasteiger partial charge in [-0.05, 0) is 33.8 Å². The van der Waals surface area contributed by atoms with Gasteiger partial charge in [-0.25, -0.2) is 0 Å². The SMILES string of the molecule is CC(=O)c1c(C)n(CC(=O)NC(C)C)c2ccccc12. The Labute approximate surface area is 118 Å². The minimum atomic E-state index is -0.0426. The molecule has 2 rings (SSSR count). The van der Waals surface area contributed by atoms with Crippen molar-refractivity contribution in [2.45, 2.75) is 40.3 Å². The lowest BCUT2D eigenvalue weighted by molar-refractivity contribution is -0.122. The molecule has 2 aromatic rings. The Hall–Kier alpha value is -2.10. The van der Waals surface area contributed by atoms with E-state index in [4.69, 9.17) is 0 Å². The van der Waals surface area contributed by atoms with E-state index in [1.807, 2.05) is 49.6 Å². The molecule has 0 bridgehead atoms. The Morgan fingerprint density at radius 2 is 1.90 bits per heavy atom. The van der Waals surface area contributed by atoms with E-state index in [2.05, 4.69) is 5.32 Å². The molecule has 0 fully saturated rings. The zero-order valence-electron chi connectivity index (χ0n) is 12.4. The predicted octanol–water partition coefficient (Wildman–Crippen LogP) is 2.68. The van der Waals surface area contributed by atoms with Gasteiger partial charge in [0.15, 0.2) is 5.78 Å². The number of para-hydroxylation sites is 1. The molecule has 1 aromatic carbocycles. The van der Waals surface area contributed by atoms with Crippen molar-refractivity contribution in [2.24, 2.45) is 0 Å². The molecule has 0 atom stereocenters. The normalized spacial score (nSPS) is 11.1. The molecule has 1 amide bonds. The first kappa shape index (κ1) is 14.3. The van der Waals surface area contributed by atoms with Gasteiger partial charge in [-0.1, -0.05) is 18.2 Å². The van der Waals surface area contributed by atoms with E-state index in [9.17, 15) is 9.59 Å². The summed E-state index contributed by atoms with van der Waals surface area (Å²) in [5.74, 6) is -0.0133. The highest BCUT2D eigenvalue weighted by Crippen LogP contribution is 2.26. The van der Waals surface area contributed by atoms with Crippen molar-refractivity contribution in [1.82, 2.24) is 9.88 Å². The molecular formula is C16H20N2O2. The van der Waals surface area contributed by atoms with Gasteiger partial charge in [0.2, 0.25) is 5.91 Å². The maximum atomic E-state index is 12.0. The van der Waals surface area contributed by atoms with Crippen molar-refractivity contribution in [3.05, 3.63) is 35.5 Å². The highest BCUT2D eigenvalue weighted by atomic mass is 16.2. The molecule has 1 aromatic heterocycles. The Morgan fingerprint density at radius 3 is 2.50 bits per heavy atom. The molecule has 0 aliphatic heterocycles. The van der Waals surface area contributed by atoms with Gasteiger partial charge in [-0.15, -0.1) is 0 Å². The zero-order valence-corrected chi connectivity index (χ0v) is 12.4. The van der Waals surface area contributed by atoms with Gasteiger partial charge in [0.1, 0.15) is 6.54 Å². The van der Waals surface area contributed by atoms with E-state index in [0.717, 1.165) is 16.6 Å². The number of carbonyl (C=O) groups is 2. The summed E-state index contributed by atoms with van der Waals surface area (Å²) in [6, 6.07) is 7.81. The van der Waals surface area contributed by atoms with E-state index >= 15 is 0 Å². The molecule has 0 aliphatic rings. The highest BCUT2D eigenvalue weighted by molar-refractivity contribution is 6.08. The minimum absolute atomic E-state index is 0.0294. The predicted molar refractivity (Wildman–Crippen MR) is 80.0 cm³/mol. The Morgan fingerprint density at radius 1 is 1.25 bits per heavy atom. The molecule has 0 unspecified atom stereocenters. The van der Waals surface area contributed by atoms with Crippen LogP contribution in [0, 0.1) is 6.92 Å². The average molecular weight is 272 g/mol. The number of carbonyl (C=O) groups excluding carboxylic acids is 2. The lowest BCUT2D eigenvalue weighted by Gasteiger charge is -2.11. The fourth-order valence-electron chi connectivity index (χ4n) is 2.59. The lowest BCUT2D eigenvalue weighted by Crippen LogP contribution is -2.33. The second-order valence-corrected chi connectivity index (χ2v) is 5.34. The molecule has 0 radical (unpaired) electrons. The molecule has 106 valence electrons. The van der Waals surface area contributed by atoms with Crippen LogP contribution < -0.4 is 5.32 Å². The first-order valence-corrected chi connectivity index (χ1v) is 6.80. The molecule has 4 heteroatoms. The lowest BCUT2D eigenvalue weighted by atomic mass is 10.1. The number of fused-ring (bicyclic) bond motifs is 1. The van der Waals surface area contributed by atoms with Gasteiger partial charge < -0.3 is 9.88 Å². The Balaban J connectivity index is 2.51. The summed E-state index contributed by atoms with van der Waals surface area (Å²) in [6.07, 6.45) is 0. The molecular weight excluding hydrogens is 252 g/mol. The topological polar surface area (TPSA) is 51.1 Å². The summed E-state index contributed by atoms with van der Waals surface area (Å²) in [7, 11) is 0. The van der Waals surface area contributed by atoms with Gasteiger partial charge in [0, 0.05) is 28.2 Å². The van der Waals surface area contributed by atoms with Crippen LogP contribution in [-0.4, -0.2) is 22.3 Å². The number of nitrogens with one attached hydrogen (secondary N) is 1. The Bertz CT molecular complexity index is 668. The number of Topliss-reactive ketones (excluding diaryl/α,β-unsaturated/α-hetero) is 1. The van der Waals surface area contributed by atoms with Crippen molar-refractivity contribution < 1.29 is 9.59 Å². The van der Waals surface area contributed by atoms with E-state index in [0.29, 0.717) is 5.56 Å². The van der Waals surface area contributed by atoms with Gasteiger partial charge in [-0.2, -0.15) is 0 Å². The van der Waals surface area contributed by atoms with Gasteiger partial charge >= 0.3 is 0 Å². The third-order valence-electron chi connectivity index (χ3n) is 3.33. The van der Waals surface area contributed by atoms with Crippen molar-refractivity contribution in [2.75, 3.05) is 0 Å². The van der Waals surface area contributed by atoms with Gasteiger partial charge in [-0.3, -0.25) is 9.59 Å². The number of amides is 1. The zero-order chi connectivity index (χ0) is 14.9. The molecule has 1 N–H and O–H groups in total.